The fourth-order valence-corrected chi connectivity index (χ4v) is 2.45. The third kappa shape index (κ3) is 3.42. The lowest BCUT2D eigenvalue weighted by atomic mass is 9.99. The second-order valence-corrected chi connectivity index (χ2v) is 5.25. The summed E-state index contributed by atoms with van der Waals surface area (Å²) >= 11 is 0. The van der Waals surface area contributed by atoms with Gasteiger partial charge in [-0.25, -0.2) is 4.79 Å². The SMILES string of the molecule is COc1ccc(-c2cc(C(=O)O)nnc2-c2ccc(OC)cc2)cc1. The minimum atomic E-state index is -1.12. The van der Waals surface area contributed by atoms with E-state index < -0.39 is 5.97 Å². The standard InChI is InChI=1S/C19H16N2O4/c1-24-14-7-3-12(4-8-14)16-11-17(19(22)23)20-21-18(16)13-5-9-15(25-2)10-6-13/h3-11H,1-2H3,(H,22,23). The number of benzene rings is 2. The molecule has 0 saturated carbocycles. The monoisotopic (exact) mass is 336 g/mol. The van der Waals surface area contributed by atoms with Crippen molar-refractivity contribution >= 4 is 5.97 Å². The highest BCUT2D eigenvalue weighted by atomic mass is 16.5. The van der Waals surface area contributed by atoms with Gasteiger partial charge in [-0.15, -0.1) is 10.2 Å². The number of hydrogen-bond donors (Lipinski definition) is 1. The summed E-state index contributed by atoms with van der Waals surface area (Å²) in [4.78, 5) is 11.3. The molecule has 0 unspecified atom stereocenters. The van der Waals surface area contributed by atoms with E-state index in [-0.39, 0.29) is 5.69 Å². The van der Waals surface area contributed by atoms with Crippen LogP contribution >= 0.6 is 0 Å². The molecule has 0 aliphatic rings. The van der Waals surface area contributed by atoms with Gasteiger partial charge in [-0.1, -0.05) is 12.1 Å². The highest BCUT2D eigenvalue weighted by Gasteiger charge is 2.15. The second kappa shape index (κ2) is 7.00. The van der Waals surface area contributed by atoms with Gasteiger partial charge in [0.25, 0.3) is 0 Å². The van der Waals surface area contributed by atoms with E-state index in [0.29, 0.717) is 11.3 Å². The van der Waals surface area contributed by atoms with Crippen molar-refractivity contribution in [2.45, 2.75) is 0 Å². The van der Waals surface area contributed by atoms with Crippen LogP contribution in [0.2, 0.25) is 0 Å². The molecule has 0 aliphatic heterocycles. The first kappa shape index (κ1) is 16.4. The number of nitrogens with zero attached hydrogens (tertiary/aromatic N) is 2. The Morgan fingerprint density at radius 2 is 1.36 bits per heavy atom. The third-order valence-electron chi connectivity index (χ3n) is 3.78. The molecule has 3 rings (SSSR count). The molecule has 1 heterocycles. The zero-order valence-electron chi connectivity index (χ0n) is 13.8. The maximum absolute atomic E-state index is 11.3. The van der Waals surface area contributed by atoms with Crippen LogP contribution in [-0.2, 0) is 0 Å². The number of hydrogen-bond acceptors (Lipinski definition) is 5. The molecule has 0 aliphatic carbocycles. The Hall–Kier alpha value is -3.41. The van der Waals surface area contributed by atoms with E-state index >= 15 is 0 Å². The van der Waals surface area contributed by atoms with Crippen molar-refractivity contribution in [2.24, 2.45) is 0 Å². The van der Waals surface area contributed by atoms with Gasteiger partial charge in [-0.2, -0.15) is 0 Å². The number of carbonyl (C=O) groups is 1. The fraction of sp³-hybridized carbons (Fsp3) is 0.105. The Bertz CT molecular complexity index is 890. The van der Waals surface area contributed by atoms with Gasteiger partial charge in [0, 0.05) is 11.1 Å². The van der Waals surface area contributed by atoms with Gasteiger partial charge in [0.1, 0.15) is 17.2 Å². The molecule has 3 aromatic rings. The number of ether oxygens (including phenoxy) is 2. The highest BCUT2D eigenvalue weighted by molar-refractivity contribution is 5.90. The van der Waals surface area contributed by atoms with Crippen LogP contribution in [-0.4, -0.2) is 35.5 Å². The van der Waals surface area contributed by atoms with Gasteiger partial charge in [-0.3, -0.25) is 0 Å². The van der Waals surface area contributed by atoms with Crippen molar-refractivity contribution in [2.75, 3.05) is 14.2 Å². The van der Waals surface area contributed by atoms with Crippen LogP contribution < -0.4 is 9.47 Å². The van der Waals surface area contributed by atoms with Crippen LogP contribution in [0.15, 0.2) is 54.6 Å². The molecule has 0 saturated heterocycles. The Kier molecular flexibility index (Phi) is 4.61. The van der Waals surface area contributed by atoms with Crippen LogP contribution in [0.25, 0.3) is 22.4 Å². The lowest BCUT2D eigenvalue weighted by Crippen LogP contribution is -2.04. The topological polar surface area (TPSA) is 81.5 Å². The summed E-state index contributed by atoms with van der Waals surface area (Å²) in [5, 5.41) is 17.2. The number of methoxy groups -OCH3 is 2. The molecule has 6 nitrogen and oxygen atoms in total. The van der Waals surface area contributed by atoms with Crippen molar-refractivity contribution in [3.05, 3.63) is 60.3 Å². The Labute approximate surface area is 144 Å². The molecule has 0 atom stereocenters. The van der Waals surface area contributed by atoms with Crippen LogP contribution in [0.4, 0.5) is 0 Å². The zero-order chi connectivity index (χ0) is 17.8. The molecule has 126 valence electrons. The summed E-state index contributed by atoms with van der Waals surface area (Å²) in [6, 6.07) is 16.2. The predicted octanol–water partition coefficient (Wildman–Crippen LogP) is 3.53. The molecule has 0 spiro atoms. The molecule has 1 N–H and O–H groups in total. The maximum Gasteiger partial charge on any atom is 0.356 e. The van der Waals surface area contributed by atoms with Crippen LogP contribution in [0.3, 0.4) is 0 Å². The average Bonchev–Trinajstić information content (AvgIpc) is 2.67. The fourth-order valence-electron chi connectivity index (χ4n) is 2.45. The third-order valence-corrected chi connectivity index (χ3v) is 3.78. The Morgan fingerprint density at radius 1 is 0.840 bits per heavy atom. The number of carboxylic acids is 1. The molecule has 0 radical (unpaired) electrons. The van der Waals surface area contributed by atoms with Crippen LogP contribution in [0.5, 0.6) is 11.5 Å². The summed E-state index contributed by atoms with van der Waals surface area (Å²) < 4.78 is 10.3. The summed E-state index contributed by atoms with van der Waals surface area (Å²) in [5.41, 5.74) is 2.81. The minimum Gasteiger partial charge on any atom is -0.497 e. The van der Waals surface area contributed by atoms with Crippen molar-refractivity contribution < 1.29 is 19.4 Å². The van der Waals surface area contributed by atoms with Crippen molar-refractivity contribution in [1.82, 2.24) is 10.2 Å². The molecular weight excluding hydrogens is 320 g/mol. The first-order chi connectivity index (χ1) is 12.1. The summed E-state index contributed by atoms with van der Waals surface area (Å²) in [6.45, 7) is 0. The molecule has 0 bridgehead atoms. The van der Waals surface area contributed by atoms with Crippen molar-refractivity contribution in [1.29, 1.82) is 0 Å². The van der Waals surface area contributed by atoms with E-state index in [4.69, 9.17) is 9.47 Å². The largest absolute Gasteiger partial charge is 0.497 e. The minimum absolute atomic E-state index is 0.108. The highest BCUT2D eigenvalue weighted by Crippen LogP contribution is 2.32. The Balaban J connectivity index is 2.14. The van der Waals surface area contributed by atoms with Crippen molar-refractivity contribution in [3.63, 3.8) is 0 Å². The van der Waals surface area contributed by atoms with Crippen LogP contribution in [0.1, 0.15) is 10.5 Å². The normalized spacial score (nSPS) is 10.3. The molecule has 2 aromatic carbocycles. The molecule has 25 heavy (non-hydrogen) atoms. The van der Waals surface area contributed by atoms with Gasteiger partial charge >= 0.3 is 5.97 Å². The summed E-state index contributed by atoms with van der Waals surface area (Å²) in [5.74, 6) is 0.323. The predicted molar refractivity (Wildman–Crippen MR) is 93.0 cm³/mol. The molecular formula is C19H16N2O4. The van der Waals surface area contributed by atoms with Gasteiger partial charge < -0.3 is 14.6 Å². The van der Waals surface area contributed by atoms with E-state index in [1.807, 2.05) is 48.5 Å². The zero-order valence-corrected chi connectivity index (χ0v) is 13.8. The smallest absolute Gasteiger partial charge is 0.356 e. The van der Waals surface area contributed by atoms with Gasteiger partial charge in [0.15, 0.2) is 5.69 Å². The Morgan fingerprint density at radius 3 is 1.84 bits per heavy atom. The lowest BCUT2D eigenvalue weighted by molar-refractivity contribution is 0.0689. The molecule has 0 amide bonds. The first-order valence-corrected chi connectivity index (χ1v) is 7.52. The van der Waals surface area contributed by atoms with Gasteiger partial charge in [-0.05, 0) is 48.0 Å². The molecule has 6 heteroatoms. The molecule has 1 aromatic heterocycles. The number of aromatic nitrogens is 2. The van der Waals surface area contributed by atoms with Crippen LogP contribution in [0, 0.1) is 0 Å². The first-order valence-electron chi connectivity index (χ1n) is 7.52. The quantitative estimate of drug-likeness (QED) is 0.767. The van der Waals surface area contributed by atoms with Gasteiger partial charge in [0.2, 0.25) is 0 Å². The van der Waals surface area contributed by atoms with E-state index in [0.717, 1.165) is 22.6 Å². The molecule has 0 fully saturated rings. The van der Waals surface area contributed by atoms with E-state index in [9.17, 15) is 9.90 Å². The maximum atomic E-state index is 11.3. The van der Waals surface area contributed by atoms with Crippen molar-refractivity contribution in [3.8, 4) is 33.9 Å². The van der Waals surface area contributed by atoms with Gasteiger partial charge in [0.05, 0.1) is 14.2 Å². The van der Waals surface area contributed by atoms with E-state index in [1.165, 1.54) is 6.07 Å². The number of rotatable bonds is 5. The van der Waals surface area contributed by atoms with E-state index in [1.54, 1.807) is 14.2 Å². The number of carboxylic acid groups (broad SMARTS) is 1. The van der Waals surface area contributed by atoms with E-state index in [2.05, 4.69) is 10.2 Å². The second-order valence-electron chi connectivity index (χ2n) is 5.25. The lowest BCUT2D eigenvalue weighted by Gasteiger charge is -2.10. The summed E-state index contributed by atoms with van der Waals surface area (Å²) in [7, 11) is 3.19. The summed E-state index contributed by atoms with van der Waals surface area (Å²) in [6.07, 6.45) is 0. The average molecular weight is 336 g/mol. The number of aromatic carboxylic acids is 1.